The monoisotopic (exact) mass is 522 g/mol. The van der Waals surface area contributed by atoms with Crippen molar-refractivity contribution in [1.82, 2.24) is 0 Å². The first kappa shape index (κ1) is 28.3. The third-order valence-corrected chi connectivity index (χ3v) is 9.79. The number of ether oxygens (including phenoxy) is 2. The van der Waals surface area contributed by atoms with Crippen LogP contribution in [0.3, 0.4) is 0 Å². The highest BCUT2D eigenvalue weighted by molar-refractivity contribution is 6.71. The largest absolute Gasteiger partial charge is 0.469 e. The highest BCUT2D eigenvalue weighted by atomic mass is 28.4. The van der Waals surface area contributed by atoms with Crippen LogP contribution in [0.2, 0.25) is 18.6 Å². The number of amides is 2. The maximum Gasteiger partial charge on any atom is 0.305 e. The molecule has 1 aromatic carbocycles. The Labute approximate surface area is 212 Å². The van der Waals surface area contributed by atoms with Crippen molar-refractivity contribution in [3.05, 3.63) is 23.8 Å². The number of carbonyl (C=O) groups is 3. The molecule has 200 valence electrons. The number of unbranched alkanes of at least 4 members (excludes halogenated alkanes) is 1. The van der Waals surface area contributed by atoms with Crippen LogP contribution >= 0.6 is 0 Å². The number of fused-ring (bicyclic) bond motifs is 2. The Morgan fingerprint density at radius 1 is 1.31 bits per heavy atom. The van der Waals surface area contributed by atoms with Crippen LogP contribution in [0.5, 0.6) is 0 Å². The molecule has 2 heterocycles. The molecule has 3 rings (SSSR count). The van der Waals surface area contributed by atoms with Crippen molar-refractivity contribution in [2.24, 2.45) is 5.92 Å². The highest BCUT2D eigenvalue weighted by Gasteiger charge is 2.66. The maximum atomic E-state index is 14.1. The van der Waals surface area contributed by atoms with Gasteiger partial charge in [-0.1, -0.05) is 6.92 Å². The van der Waals surface area contributed by atoms with Crippen LogP contribution in [0.4, 0.5) is 11.4 Å². The molecular formula is C25H38N2O8Si. The second kappa shape index (κ2) is 11.0. The molecule has 2 amide bonds. The molecule has 0 aromatic heterocycles. The van der Waals surface area contributed by atoms with E-state index in [9.17, 15) is 29.4 Å². The Balaban J connectivity index is 2.03. The van der Waals surface area contributed by atoms with E-state index >= 15 is 0 Å². The first-order valence-corrected chi connectivity index (χ1v) is 15.4. The Morgan fingerprint density at radius 3 is 2.58 bits per heavy atom. The van der Waals surface area contributed by atoms with E-state index < -0.39 is 38.0 Å². The van der Waals surface area contributed by atoms with Crippen molar-refractivity contribution in [1.29, 1.82) is 0 Å². The number of nitrogens with zero attached hydrogens (tertiary/aromatic N) is 1. The molecule has 10 nitrogen and oxygen atoms in total. The van der Waals surface area contributed by atoms with E-state index in [0.29, 0.717) is 36.3 Å². The number of hydrogen-bond acceptors (Lipinski definition) is 8. The average molecular weight is 523 g/mol. The van der Waals surface area contributed by atoms with Crippen LogP contribution in [-0.4, -0.2) is 73.6 Å². The predicted octanol–water partition coefficient (Wildman–Crippen LogP) is 1.88. The number of hydrogen-bond donors (Lipinski definition) is 4. The second-order valence-corrected chi connectivity index (χ2v) is 14.2. The molecule has 0 radical (unpaired) electrons. The quantitative estimate of drug-likeness (QED) is 0.207. The molecule has 36 heavy (non-hydrogen) atoms. The van der Waals surface area contributed by atoms with E-state index in [2.05, 4.69) is 5.32 Å². The zero-order valence-electron chi connectivity index (χ0n) is 21.6. The molecule has 0 aliphatic carbocycles. The van der Waals surface area contributed by atoms with Gasteiger partial charge in [-0.25, -0.2) is 0 Å². The van der Waals surface area contributed by atoms with Gasteiger partial charge < -0.3 is 34.7 Å². The number of esters is 1. The second-order valence-electron chi connectivity index (χ2n) is 10.3. The molecule has 11 heteroatoms. The SMILES string of the molecule is COC(=O)CCCCN1C(=O)[C@@]2(O[C@@H](CCO)[C@H]([Si](C)(C)O)[C@H]2C)c2cc(NC(=O)[C@H](C)O)ccc21. The standard InChI is InChI=1S/C25H38N2O8Si/c1-15-22(36(4,5)33)20(11-13-28)35-25(15)18-14-17(26-23(31)16(2)29)9-10-19(18)27(24(25)32)12-7-6-8-21(30)34-3/h9-10,14-16,20,22,28-29,33H,6-8,11-13H2,1-5H3,(H,26,31)/t15-,16+,20+,22-,25+/m1/s1. The smallest absolute Gasteiger partial charge is 0.305 e. The topological polar surface area (TPSA) is 146 Å². The van der Waals surface area contributed by atoms with Gasteiger partial charge in [0, 0.05) is 42.3 Å². The molecule has 4 N–H and O–H groups in total. The third kappa shape index (κ3) is 5.21. The summed E-state index contributed by atoms with van der Waals surface area (Å²) in [7, 11) is -1.48. The third-order valence-electron chi connectivity index (χ3n) is 7.28. The summed E-state index contributed by atoms with van der Waals surface area (Å²) < 4.78 is 11.2. The molecule has 2 aliphatic rings. The van der Waals surface area contributed by atoms with E-state index in [-0.39, 0.29) is 36.9 Å². The van der Waals surface area contributed by atoms with Crippen LogP contribution in [0, 0.1) is 5.92 Å². The number of rotatable bonds is 10. The normalized spacial score (nSPS) is 26.3. The summed E-state index contributed by atoms with van der Waals surface area (Å²) in [6.45, 7) is 7.10. The van der Waals surface area contributed by atoms with Crippen molar-refractivity contribution < 1.29 is 38.9 Å². The molecule has 1 fully saturated rings. The molecule has 5 atom stereocenters. The zero-order chi connectivity index (χ0) is 26.8. The number of carbonyl (C=O) groups excluding carboxylic acids is 3. The summed E-state index contributed by atoms with van der Waals surface area (Å²) >= 11 is 0. The van der Waals surface area contributed by atoms with Gasteiger partial charge in [-0.15, -0.1) is 0 Å². The summed E-state index contributed by atoms with van der Waals surface area (Å²) in [4.78, 5) is 50.5. The Kier molecular flexibility index (Phi) is 8.61. The minimum Gasteiger partial charge on any atom is -0.469 e. The van der Waals surface area contributed by atoms with E-state index in [1.165, 1.54) is 14.0 Å². The van der Waals surface area contributed by atoms with Crippen LogP contribution in [0.1, 0.15) is 45.1 Å². The maximum absolute atomic E-state index is 14.1. The van der Waals surface area contributed by atoms with Gasteiger partial charge in [0.2, 0.25) is 0 Å². The molecule has 0 saturated carbocycles. The lowest BCUT2D eigenvalue weighted by atomic mass is 9.82. The van der Waals surface area contributed by atoms with Gasteiger partial charge in [0.15, 0.2) is 13.9 Å². The fraction of sp³-hybridized carbons (Fsp3) is 0.640. The van der Waals surface area contributed by atoms with Crippen LogP contribution < -0.4 is 10.2 Å². The molecule has 1 aromatic rings. The first-order chi connectivity index (χ1) is 16.9. The van der Waals surface area contributed by atoms with Gasteiger partial charge in [0.05, 0.1) is 18.9 Å². The van der Waals surface area contributed by atoms with E-state index in [1.54, 1.807) is 23.1 Å². The number of nitrogens with one attached hydrogen (secondary N) is 1. The Hall–Kier alpha value is -2.31. The minimum absolute atomic E-state index is 0.142. The van der Waals surface area contributed by atoms with Gasteiger partial charge in [-0.2, -0.15) is 0 Å². The predicted molar refractivity (Wildman–Crippen MR) is 136 cm³/mol. The van der Waals surface area contributed by atoms with Crippen LogP contribution in [0.15, 0.2) is 18.2 Å². The van der Waals surface area contributed by atoms with Gasteiger partial charge in [0.25, 0.3) is 11.8 Å². The van der Waals surface area contributed by atoms with Crippen molar-refractivity contribution in [2.45, 2.75) is 76.0 Å². The minimum atomic E-state index is -2.82. The molecule has 0 unspecified atom stereocenters. The summed E-state index contributed by atoms with van der Waals surface area (Å²) in [6.07, 6.45) is -0.0733. The molecule has 0 bridgehead atoms. The van der Waals surface area contributed by atoms with E-state index in [4.69, 9.17) is 9.47 Å². The molecular weight excluding hydrogens is 484 g/mol. The Morgan fingerprint density at radius 2 is 2.00 bits per heavy atom. The lowest BCUT2D eigenvalue weighted by molar-refractivity contribution is -0.146. The lowest BCUT2D eigenvalue weighted by Gasteiger charge is -2.32. The summed E-state index contributed by atoms with van der Waals surface area (Å²) in [5.74, 6) is -1.54. The number of aliphatic hydroxyl groups excluding tert-OH is 2. The first-order valence-electron chi connectivity index (χ1n) is 12.4. The Bertz CT molecular complexity index is 995. The van der Waals surface area contributed by atoms with Crippen molar-refractivity contribution in [3.63, 3.8) is 0 Å². The number of methoxy groups -OCH3 is 1. The number of anilines is 2. The fourth-order valence-electron chi connectivity index (χ4n) is 5.66. The fourth-order valence-corrected chi connectivity index (χ4v) is 8.27. The number of benzene rings is 1. The van der Waals surface area contributed by atoms with Gasteiger partial charge in [-0.3, -0.25) is 14.4 Å². The van der Waals surface area contributed by atoms with Gasteiger partial charge >= 0.3 is 5.97 Å². The summed E-state index contributed by atoms with van der Waals surface area (Å²) in [5.41, 5.74) is -0.0594. The highest BCUT2D eigenvalue weighted by Crippen LogP contribution is 2.59. The van der Waals surface area contributed by atoms with Crippen LogP contribution in [0.25, 0.3) is 0 Å². The van der Waals surface area contributed by atoms with E-state index in [0.717, 1.165) is 0 Å². The molecule has 2 aliphatic heterocycles. The van der Waals surface area contributed by atoms with Crippen molar-refractivity contribution >= 4 is 37.5 Å². The van der Waals surface area contributed by atoms with E-state index in [1.807, 2.05) is 20.0 Å². The lowest BCUT2D eigenvalue weighted by Crippen LogP contribution is -2.46. The summed E-state index contributed by atoms with van der Waals surface area (Å²) in [6, 6.07) is 5.11. The van der Waals surface area contributed by atoms with Crippen molar-refractivity contribution in [2.75, 3.05) is 30.5 Å². The van der Waals surface area contributed by atoms with Crippen LogP contribution in [-0.2, 0) is 29.5 Å². The van der Waals surface area contributed by atoms with Gasteiger partial charge in [0.1, 0.15) is 6.10 Å². The molecule has 1 spiro atoms. The number of aliphatic hydroxyl groups is 2. The molecule has 1 saturated heterocycles. The van der Waals surface area contributed by atoms with Gasteiger partial charge in [-0.05, 0) is 57.5 Å². The van der Waals surface area contributed by atoms with Crippen molar-refractivity contribution in [3.8, 4) is 0 Å². The zero-order valence-corrected chi connectivity index (χ0v) is 22.6. The summed E-state index contributed by atoms with van der Waals surface area (Å²) in [5, 5.41) is 22.0. The average Bonchev–Trinajstić information content (AvgIpc) is 3.23.